The van der Waals surface area contributed by atoms with Crippen LogP contribution in [0.5, 0.6) is 0 Å². The largest absolute Gasteiger partial charge is 0.394 e. The smallest absolute Gasteiger partial charge is 0.187 e. The van der Waals surface area contributed by atoms with Crippen molar-refractivity contribution in [2.45, 2.75) is 202 Å². The summed E-state index contributed by atoms with van der Waals surface area (Å²) in [5.41, 5.74) is 0.442. The van der Waals surface area contributed by atoms with Gasteiger partial charge in [-0.2, -0.15) is 0 Å². The zero-order chi connectivity index (χ0) is 46.4. The minimum atomic E-state index is -1.69. The van der Waals surface area contributed by atoms with E-state index in [4.69, 9.17) is 33.2 Å². The molecule has 12 N–H and O–H groups in total. The van der Waals surface area contributed by atoms with Crippen molar-refractivity contribution in [1.82, 2.24) is 0 Å². The topological polar surface area (TPSA) is 307 Å². The molecule has 19 heteroatoms. The van der Waals surface area contributed by atoms with Gasteiger partial charge in [-0.05, 0) is 80.5 Å². The first-order valence-electron chi connectivity index (χ1n) is 23.5. The molecule has 368 valence electrons. The van der Waals surface area contributed by atoms with Crippen molar-refractivity contribution in [2.24, 2.45) is 46.3 Å². The summed E-state index contributed by atoms with van der Waals surface area (Å²) in [6.07, 6.45) is -15.6. The van der Waals surface area contributed by atoms with Gasteiger partial charge in [0, 0.05) is 24.2 Å². The summed E-state index contributed by atoms with van der Waals surface area (Å²) in [5, 5.41) is 127. The lowest BCUT2D eigenvalue weighted by atomic mass is 9.46. The number of aliphatic hydroxyl groups excluding tert-OH is 11. The van der Waals surface area contributed by atoms with Gasteiger partial charge >= 0.3 is 0 Å². The Balaban J connectivity index is 0.904. The first-order valence-corrected chi connectivity index (χ1v) is 23.5. The highest BCUT2D eigenvalue weighted by Gasteiger charge is 2.69. The number of rotatable bonds is 12. The van der Waals surface area contributed by atoms with E-state index >= 15 is 0 Å². The van der Waals surface area contributed by atoms with Gasteiger partial charge in [-0.15, -0.1) is 0 Å². The molecule has 4 saturated heterocycles. The highest BCUT2D eigenvalue weighted by molar-refractivity contribution is 5.28. The lowest BCUT2D eigenvalue weighted by molar-refractivity contribution is -0.365. The Morgan fingerprint density at radius 3 is 2.05 bits per heavy atom. The van der Waals surface area contributed by atoms with Crippen molar-refractivity contribution < 1.29 is 94.4 Å². The van der Waals surface area contributed by atoms with E-state index in [-0.39, 0.29) is 53.6 Å². The summed E-state index contributed by atoms with van der Waals surface area (Å²) in [6, 6.07) is 0. The van der Waals surface area contributed by atoms with Crippen LogP contribution in [-0.2, 0) is 33.2 Å². The highest BCUT2D eigenvalue weighted by atomic mass is 16.8. The molecular formula is C45H74O19. The molecule has 0 unspecified atom stereocenters. The van der Waals surface area contributed by atoms with Gasteiger partial charge in [-0.25, -0.2) is 0 Å². The maximum atomic E-state index is 12.2. The average molecular weight is 919 g/mol. The second-order valence-electron chi connectivity index (χ2n) is 21.1. The summed E-state index contributed by atoms with van der Waals surface area (Å²) < 4.78 is 42.3. The number of fused-ring (bicyclic) bond motifs is 7. The molecule has 4 aliphatic carbocycles. The fourth-order valence-corrected chi connectivity index (χ4v) is 13.6. The molecule has 4 aliphatic heterocycles. The first-order chi connectivity index (χ1) is 30.2. The molecule has 27 atom stereocenters. The van der Waals surface area contributed by atoms with Crippen molar-refractivity contribution in [3.63, 3.8) is 0 Å². The van der Waals surface area contributed by atoms with Crippen LogP contribution in [0, 0.1) is 46.3 Å². The number of hydrogen-bond acceptors (Lipinski definition) is 19. The highest BCUT2D eigenvalue weighted by Crippen LogP contribution is 2.70. The van der Waals surface area contributed by atoms with Crippen LogP contribution in [0.15, 0.2) is 11.6 Å². The van der Waals surface area contributed by atoms with Crippen molar-refractivity contribution in [1.29, 1.82) is 0 Å². The van der Waals surface area contributed by atoms with Gasteiger partial charge in [0.1, 0.15) is 67.1 Å². The Kier molecular flexibility index (Phi) is 14.4. The first kappa shape index (κ1) is 49.4. The second-order valence-corrected chi connectivity index (χ2v) is 21.1. The Labute approximate surface area is 373 Å². The van der Waals surface area contributed by atoms with Gasteiger partial charge < -0.3 is 94.4 Å². The molecule has 4 heterocycles. The fraction of sp³-hybridized carbons (Fsp3) is 0.956. The van der Waals surface area contributed by atoms with E-state index in [1.54, 1.807) is 0 Å². The molecule has 0 amide bonds. The van der Waals surface area contributed by atoms with Gasteiger partial charge in [-0.3, -0.25) is 0 Å². The molecule has 0 bridgehead atoms. The molecule has 0 spiro atoms. The quantitative estimate of drug-likeness (QED) is 0.0956. The Bertz CT molecular complexity index is 1640. The summed E-state index contributed by atoms with van der Waals surface area (Å²) in [4.78, 5) is 0. The molecule has 3 saturated carbocycles. The number of ether oxygens (including phenoxy) is 7. The summed E-state index contributed by atoms with van der Waals surface area (Å²) in [7, 11) is 0. The maximum absolute atomic E-state index is 12.2. The molecule has 0 aromatic heterocycles. The third-order valence-corrected chi connectivity index (χ3v) is 17.4. The summed E-state index contributed by atoms with van der Waals surface area (Å²) in [6.45, 7) is 8.84. The van der Waals surface area contributed by atoms with E-state index in [2.05, 4.69) is 26.8 Å². The third-order valence-electron chi connectivity index (χ3n) is 17.4. The van der Waals surface area contributed by atoms with E-state index in [9.17, 15) is 61.3 Å². The zero-order valence-electron chi connectivity index (χ0n) is 37.4. The molecular weight excluding hydrogens is 844 g/mol. The van der Waals surface area contributed by atoms with E-state index in [0.29, 0.717) is 25.7 Å². The van der Waals surface area contributed by atoms with Crippen molar-refractivity contribution >= 4 is 0 Å². The van der Waals surface area contributed by atoms with Crippen LogP contribution in [0.25, 0.3) is 0 Å². The number of hydrogen-bond donors (Lipinski definition) is 12. The van der Waals surface area contributed by atoms with Gasteiger partial charge in [0.2, 0.25) is 0 Å². The SMILES string of the molecule is C[C@H](CC[C@@]1(O)O[C@H]2C[C@H]3[C@@H]4CC=C5C[C@@H](O)C[C@@H](O[C@@H]6O[C@H](CO)[C@H](O)[C@H](O)[C@H]6O)[C@]5(C)[C@H]4CC[C@]3(C)[C@H]2[C@@H]1C)CO[C@@H]1O[C@H](CO)[C@@H](O)[C@H](O)[C@H]1O[C@@H]1O[C@@H](C)[C@H](O)[C@@H](O)[C@H]1O. The molecule has 0 radical (unpaired) electrons. The molecule has 8 rings (SSSR count). The summed E-state index contributed by atoms with van der Waals surface area (Å²) in [5.74, 6) is -1.01. The van der Waals surface area contributed by atoms with E-state index < -0.39 is 129 Å². The monoisotopic (exact) mass is 918 g/mol. The fourth-order valence-electron chi connectivity index (χ4n) is 13.6. The molecule has 8 aliphatic rings. The van der Waals surface area contributed by atoms with Crippen LogP contribution in [0.3, 0.4) is 0 Å². The zero-order valence-corrected chi connectivity index (χ0v) is 37.4. The van der Waals surface area contributed by atoms with Gasteiger partial charge in [0.05, 0.1) is 44.2 Å². The van der Waals surface area contributed by atoms with Crippen LogP contribution in [0.4, 0.5) is 0 Å². The minimum absolute atomic E-state index is 0.0594. The van der Waals surface area contributed by atoms with Crippen molar-refractivity contribution in [3.8, 4) is 0 Å². The summed E-state index contributed by atoms with van der Waals surface area (Å²) >= 11 is 0. The van der Waals surface area contributed by atoms with E-state index in [1.807, 2.05) is 6.92 Å². The minimum Gasteiger partial charge on any atom is -0.394 e. The molecule has 7 fully saturated rings. The van der Waals surface area contributed by atoms with Crippen LogP contribution < -0.4 is 0 Å². The normalized spacial score (nSPS) is 55.5. The lowest BCUT2D eigenvalue weighted by Crippen LogP contribution is -2.64. The Hall–Kier alpha value is -1.02. The van der Waals surface area contributed by atoms with Gasteiger partial charge in [0.15, 0.2) is 24.7 Å². The van der Waals surface area contributed by atoms with E-state index in [0.717, 1.165) is 31.3 Å². The van der Waals surface area contributed by atoms with Gasteiger partial charge in [-0.1, -0.05) is 39.3 Å². The Morgan fingerprint density at radius 2 is 1.38 bits per heavy atom. The predicted octanol–water partition coefficient (Wildman–Crippen LogP) is -1.86. The average Bonchev–Trinajstić information content (AvgIpc) is 3.70. The third kappa shape index (κ3) is 8.36. The van der Waals surface area contributed by atoms with Crippen molar-refractivity contribution in [3.05, 3.63) is 11.6 Å². The van der Waals surface area contributed by atoms with Crippen LogP contribution >= 0.6 is 0 Å². The number of allylic oxidation sites excluding steroid dienone is 1. The van der Waals surface area contributed by atoms with Crippen molar-refractivity contribution in [2.75, 3.05) is 19.8 Å². The Morgan fingerprint density at radius 1 is 0.750 bits per heavy atom. The molecule has 64 heavy (non-hydrogen) atoms. The van der Waals surface area contributed by atoms with Crippen LogP contribution in [0.2, 0.25) is 0 Å². The molecule has 0 aromatic rings. The lowest BCUT2D eigenvalue weighted by Gasteiger charge is -2.60. The maximum Gasteiger partial charge on any atom is 0.187 e. The predicted molar refractivity (Wildman–Crippen MR) is 219 cm³/mol. The van der Waals surface area contributed by atoms with E-state index in [1.165, 1.54) is 6.92 Å². The standard InChI is InChI=1S/C45H74O19/c1-18(17-58-42-39(36(54)33(51)28(16-47)61-42)63-40-37(55)34(52)31(49)20(3)59-40)8-11-45(57)19(2)30-26(64-45)14-25-23-7-6-21-12-22(48)13-29(44(21,5)24(23)9-10-43(25,30)4)62-41-38(56)35(53)32(50)27(15-46)60-41/h6,18-20,22-42,46-57H,7-17H2,1-5H3/t18-,19+,20+,22-,23-,24+,25+,26+,27-,28-,29-,30+,31+,32+,33-,34-,35+,36+,37-,38-,39-,40+,41+,42-,43+,44+,45-/m1/s1. The van der Waals surface area contributed by atoms with Crippen LogP contribution in [-0.4, -0.2) is 197 Å². The van der Waals surface area contributed by atoms with Gasteiger partial charge in [0.25, 0.3) is 0 Å². The molecule has 0 aromatic carbocycles. The molecule has 19 nitrogen and oxygen atoms in total. The number of aliphatic hydroxyl groups is 12. The second kappa shape index (κ2) is 18.7. The van der Waals surface area contributed by atoms with Crippen LogP contribution in [0.1, 0.15) is 86.0 Å².